The zero-order chi connectivity index (χ0) is 7.56. The van der Waals surface area contributed by atoms with Crippen LogP contribution in [0.25, 0.3) is 0 Å². The number of nitrogen functional groups attached to an aromatic ring is 1. The van der Waals surface area contributed by atoms with Crippen LogP contribution in [0.3, 0.4) is 0 Å². The Morgan fingerprint density at radius 2 is 2.20 bits per heavy atom. The number of nitrogens with zero attached hydrogens (tertiary/aromatic N) is 1. The quantitative estimate of drug-likeness (QED) is 0.664. The summed E-state index contributed by atoms with van der Waals surface area (Å²) in [6.45, 7) is 0.491. The third kappa shape index (κ3) is 1.68. The lowest BCUT2D eigenvalue weighted by molar-refractivity contribution is 1.05. The zero-order valence-corrected chi connectivity index (χ0v) is 6.93. The summed E-state index contributed by atoms with van der Waals surface area (Å²) in [5, 5.41) is 0. The van der Waals surface area contributed by atoms with Crippen molar-refractivity contribution in [2.45, 2.75) is 6.54 Å². The first kappa shape index (κ1) is 7.50. The Morgan fingerprint density at radius 1 is 1.50 bits per heavy atom. The third-order valence-corrected chi connectivity index (χ3v) is 1.52. The van der Waals surface area contributed by atoms with Gasteiger partial charge in [0, 0.05) is 6.54 Å². The molecule has 0 aromatic carbocycles. The number of anilines is 1. The fraction of sp³-hybridized carbons (Fsp3) is 0.167. The monoisotopic (exact) mass is 201 g/mol. The standard InChI is InChI=1S/C6H8BrN3/c7-5-1-4(3-8)2-6(9)10-5/h1-2H,3,8H2,(H2,9,10). The van der Waals surface area contributed by atoms with Crippen molar-refractivity contribution in [3.63, 3.8) is 0 Å². The van der Waals surface area contributed by atoms with Gasteiger partial charge in [0.15, 0.2) is 0 Å². The minimum absolute atomic E-state index is 0.491. The molecule has 3 nitrogen and oxygen atoms in total. The van der Waals surface area contributed by atoms with Gasteiger partial charge in [-0.05, 0) is 33.6 Å². The highest BCUT2D eigenvalue weighted by Gasteiger charge is 1.94. The van der Waals surface area contributed by atoms with E-state index >= 15 is 0 Å². The van der Waals surface area contributed by atoms with Crippen LogP contribution in [-0.4, -0.2) is 4.98 Å². The number of pyridine rings is 1. The number of hydrogen-bond donors (Lipinski definition) is 2. The van der Waals surface area contributed by atoms with Gasteiger partial charge in [-0.3, -0.25) is 0 Å². The molecule has 1 aromatic rings. The summed E-state index contributed by atoms with van der Waals surface area (Å²) in [5.74, 6) is 0.495. The molecule has 0 amide bonds. The molecule has 10 heavy (non-hydrogen) atoms. The molecule has 0 radical (unpaired) electrons. The fourth-order valence-electron chi connectivity index (χ4n) is 0.690. The molecule has 1 heterocycles. The molecule has 0 bridgehead atoms. The summed E-state index contributed by atoms with van der Waals surface area (Å²) in [6, 6.07) is 3.60. The second kappa shape index (κ2) is 2.98. The highest BCUT2D eigenvalue weighted by molar-refractivity contribution is 9.10. The van der Waals surface area contributed by atoms with Crippen LogP contribution in [0, 0.1) is 0 Å². The van der Waals surface area contributed by atoms with Gasteiger partial charge < -0.3 is 11.5 Å². The molecule has 0 aliphatic carbocycles. The third-order valence-electron chi connectivity index (χ3n) is 1.11. The lowest BCUT2D eigenvalue weighted by Crippen LogP contribution is -1.99. The minimum atomic E-state index is 0.491. The molecule has 0 fully saturated rings. The van der Waals surface area contributed by atoms with Gasteiger partial charge in [0.2, 0.25) is 0 Å². The van der Waals surface area contributed by atoms with E-state index in [-0.39, 0.29) is 0 Å². The van der Waals surface area contributed by atoms with Crippen molar-refractivity contribution in [1.29, 1.82) is 0 Å². The molecule has 54 valence electrons. The fourth-order valence-corrected chi connectivity index (χ4v) is 1.19. The van der Waals surface area contributed by atoms with Gasteiger partial charge in [-0.15, -0.1) is 0 Å². The number of nitrogens with two attached hydrogens (primary N) is 2. The Labute approximate surface area is 67.6 Å². The number of aromatic nitrogens is 1. The topological polar surface area (TPSA) is 64.9 Å². The molecular formula is C6H8BrN3. The van der Waals surface area contributed by atoms with E-state index in [9.17, 15) is 0 Å². The molecule has 0 atom stereocenters. The first-order valence-corrected chi connectivity index (χ1v) is 3.63. The Bertz CT molecular complexity index is 216. The van der Waals surface area contributed by atoms with Crippen molar-refractivity contribution in [1.82, 2.24) is 4.98 Å². The van der Waals surface area contributed by atoms with Crippen LogP contribution in [0.15, 0.2) is 16.7 Å². The van der Waals surface area contributed by atoms with Crippen molar-refractivity contribution in [3.05, 3.63) is 22.3 Å². The zero-order valence-electron chi connectivity index (χ0n) is 5.34. The van der Waals surface area contributed by atoms with Crippen molar-refractivity contribution >= 4 is 21.7 Å². The lowest BCUT2D eigenvalue weighted by atomic mass is 10.3. The molecule has 0 unspecified atom stereocenters. The van der Waals surface area contributed by atoms with Crippen LogP contribution in [0.4, 0.5) is 5.82 Å². The Morgan fingerprint density at radius 3 is 2.70 bits per heavy atom. The normalized spacial score (nSPS) is 9.80. The maximum Gasteiger partial charge on any atom is 0.124 e. The Hall–Kier alpha value is -0.610. The largest absolute Gasteiger partial charge is 0.384 e. The number of hydrogen-bond acceptors (Lipinski definition) is 3. The van der Waals surface area contributed by atoms with E-state index in [1.165, 1.54) is 0 Å². The second-order valence-corrected chi connectivity index (χ2v) is 2.74. The van der Waals surface area contributed by atoms with E-state index in [2.05, 4.69) is 20.9 Å². The maximum absolute atomic E-state index is 5.44. The minimum Gasteiger partial charge on any atom is -0.384 e. The van der Waals surface area contributed by atoms with E-state index in [0.29, 0.717) is 12.4 Å². The maximum atomic E-state index is 5.44. The van der Waals surface area contributed by atoms with Gasteiger partial charge >= 0.3 is 0 Å². The van der Waals surface area contributed by atoms with E-state index in [4.69, 9.17) is 11.5 Å². The summed E-state index contributed by atoms with van der Waals surface area (Å²) in [5.41, 5.74) is 11.8. The van der Waals surface area contributed by atoms with Gasteiger partial charge in [-0.2, -0.15) is 0 Å². The van der Waals surface area contributed by atoms with E-state index < -0.39 is 0 Å². The van der Waals surface area contributed by atoms with Crippen LogP contribution >= 0.6 is 15.9 Å². The van der Waals surface area contributed by atoms with Gasteiger partial charge in [-0.25, -0.2) is 4.98 Å². The van der Waals surface area contributed by atoms with E-state index in [0.717, 1.165) is 10.2 Å². The summed E-state index contributed by atoms with van der Waals surface area (Å²) in [7, 11) is 0. The van der Waals surface area contributed by atoms with Crippen LogP contribution in [-0.2, 0) is 6.54 Å². The molecular weight excluding hydrogens is 194 g/mol. The summed E-state index contributed by atoms with van der Waals surface area (Å²) < 4.78 is 0.730. The van der Waals surface area contributed by atoms with E-state index in [1.807, 2.05) is 6.07 Å². The van der Waals surface area contributed by atoms with E-state index in [1.54, 1.807) is 6.07 Å². The molecule has 0 saturated carbocycles. The van der Waals surface area contributed by atoms with Gasteiger partial charge in [0.1, 0.15) is 10.4 Å². The predicted octanol–water partition coefficient (Wildman–Crippen LogP) is 0.885. The first-order valence-electron chi connectivity index (χ1n) is 2.84. The molecule has 4 N–H and O–H groups in total. The van der Waals surface area contributed by atoms with Crippen LogP contribution in [0.2, 0.25) is 0 Å². The molecule has 0 spiro atoms. The second-order valence-electron chi connectivity index (χ2n) is 1.93. The molecule has 1 aromatic heterocycles. The smallest absolute Gasteiger partial charge is 0.124 e. The van der Waals surface area contributed by atoms with Crippen LogP contribution in [0.5, 0.6) is 0 Å². The summed E-state index contributed by atoms with van der Waals surface area (Å²) in [4.78, 5) is 3.92. The van der Waals surface area contributed by atoms with Crippen molar-refractivity contribution in [3.8, 4) is 0 Å². The summed E-state index contributed by atoms with van der Waals surface area (Å²) in [6.07, 6.45) is 0. The van der Waals surface area contributed by atoms with Crippen molar-refractivity contribution in [2.24, 2.45) is 5.73 Å². The molecule has 0 aliphatic heterocycles. The first-order chi connectivity index (χ1) is 4.72. The average molecular weight is 202 g/mol. The average Bonchev–Trinajstić information content (AvgIpc) is 1.85. The van der Waals surface area contributed by atoms with Gasteiger partial charge in [-0.1, -0.05) is 0 Å². The Balaban J connectivity index is 3.06. The summed E-state index contributed by atoms with van der Waals surface area (Å²) >= 11 is 3.21. The highest BCUT2D eigenvalue weighted by atomic mass is 79.9. The predicted molar refractivity (Wildman–Crippen MR) is 44.2 cm³/mol. The molecule has 0 saturated heterocycles. The van der Waals surface area contributed by atoms with Gasteiger partial charge in [0.05, 0.1) is 0 Å². The van der Waals surface area contributed by atoms with Crippen LogP contribution < -0.4 is 11.5 Å². The highest BCUT2D eigenvalue weighted by Crippen LogP contribution is 2.11. The Kier molecular flexibility index (Phi) is 2.24. The lowest BCUT2D eigenvalue weighted by Gasteiger charge is -1.98. The SMILES string of the molecule is NCc1cc(N)nc(Br)c1. The van der Waals surface area contributed by atoms with Gasteiger partial charge in [0.25, 0.3) is 0 Å². The molecule has 0 aliphatic rings. The molecule has 1 rings (SSSR count). The molecule has 4 heteroatoms. The number of halogens is 1. The van der Waals surface area contributed by atoms with Crippen LogP contribution in [0.1, 0.15) is 5.56 Å². The van der Waals surface area contributed by atoms with Crippen molar-refractivity contribution in [2.75, 3.05) is 5.73 Å². The van der Waals surface area contributed by atoms with Crippen molar-refractivity contribution < 1.29 is 0 Å². The number of rotatable bonds is 1.